The van der Waals surface area contributed by atoms with E-state index in [9.17, 15) is 9.59 Å². The maximum absolute atomic E-state index is 11.4. The predicted molar refractivity (Wildman–Crippen MR) is 98.7 cm³/mol. The number of carboxylic acid groups (broad SMARTS) is 1. The lowest BCUT2D eigenvalue weighted by Gasteiger charge is -2.23. The van der Waals surface area contributed by atoms with Crippen LogP contribution in [-0.2, 0) is 9.59 Å². The van der Waals surface area contributed by atoms with Gasteiger partial charge in [0.05, 0.1) is 5.92 Å². The summed E-state index contributed by atoms with van der Waals surface area (Å²) in [7, 11) is 0. The number of rotatable bonds is 4. The molecule has 3 nitrogen and oxygen atoms in total. The summed E-state index contributed by atoms with van der Waals surface area (Å²) in [5, 5.41) is 9.00. The minimum Gasteiger partial charge on any atom is -0.481 e. The number of aliphatic carboxylic acids is 1. The first kappa shape index (κ1) is 21.2. The van der Waals surface area contributed by atoms with E-state index < -0.39 is 5.97 Å². The van der Waals surface area contributed by atoms with E-state index >= 15 is 0 Å². The SMILES string of the molecule is CC(=O)C1[C@@H](C(C)C)CC[C@@H]1C.CC(C)[C@H]1CC[C@H](C)C1C(=O)O. The largest absolute Gasteiger partial charge is 0.481 e. The highest BCUT2D eigenvalue weighted by molar-refractivity contribution is 5.79. The fourth-order valence-corrected chi connectivity index (χ4v) is 5.10. The molecule has 6 atom stereocenters. The zero-order chi connectivity index (χ0) is 18.6. The van der Waals surface area contributed by atoms with Gasteiger partial charge in [-0.25, -0.2) is 0 Å². The molecule has 1 N–H and O–H groups in total. The topological polar surface area (TPSA) is 54.4 Å². The summed E-state index contributed by atoms with van der Waals surface area (Å²) >= 11 is 0. The van der Waals surface area contributed by atoms with Crippen LogP contribution in [0.15, 0.2) is 0 Å². The van der Waals surface area contributed by atoms with Crippen molar-refractivity contribution in [3.63, 3.8) is 0 Å². The molecule has 0 bridgehead atoms. The Morgan fingerprint density at radius 1 is 0.792 bits per heavy atom. The maximum atomic E-state index is 11.4. The molecule has 0 aromatic carbocycles. The highest BCUT2D eigenvalue weighted by Gasteiger charge is 2.40. The smallest absolute Gasteiger partial charge is 0.307 e. The van der Waals surface area contributed by atoms with E-state index in [1.54, 1.807) is 6.92 Å². The number of carbonyl (C=O) groups is 2. The quantitative estimate of drug-likeness (QED) is 0.758. The fourth-order valence-electron chi connectivity index (χ4n) is 5.10. The van der Waals surface area contributed by atoms with E-state index in [1.165, 1.54) is 12.8 Å². The number of hydrogen-bond acceptors (Lipinski definition) is 2. The van der Waals surface area contributed by atoms with Crippen molar-refractivity contribution in [2.75, 3.05) is 0 Å². The minimum atomic E-state index is -0.598. The monoisotopic (exact) mass is 338 g/mol. The van der Waals surface area contributed by atoms with Gasteiger partial charge in [0, 0.05) is 5.92 Å². The van der Waals surface area contributed by atoms with Gasteiger partial charge in [-0.15, -0.1) is 0 Å². The Morgan fingerprint density at radius 2 is 1.17 bits per heavy atom. The molecule has 0 saturated heterocycles. The second-order valence-electron chi connectivity index (χ2n) is 8.93. The van der Waals surface area contributed by atoms with Gasteiger partial charge in [-0.05, 0) is 68.1 Å². The van der Waals surface area contributed by atoms with Gasteiger partial charge in [0.15, 0.2) is 0 Å². The Bertz CT molecular complexity index is 387. The van der Waals surface area contributed by atoms with Crippen LogP contribution in [0.3, 0.4) is 0 Å². The molecule has 0 aromatic heterocycles. The molecule has 24 heavy (non-hydrogen) atoms. The standard InChI is InChI=1S/C11H20O.C10H18O2/c1-7(2)10-6-5-8(3)11(10)9(4)12;1-6(2)8-5-4-7(3)9(8)10(11)12/h7-8,10-11H,5-6H2,1-4H3;6-9H,4-5H2,1-3H3,(H,11,12)/t8-,10+,11?;7-,8+,9?/m00/s1. The summed E-state index contributed by atoms with van der Waals surface area (Å²) in [6.45, 7) is 14.7. The average molecular weight is 339 g/mol. The van der Waals surface area contributed by atoms with Crippen molar-refractivity contribution < 1.29 is 14.7 Å². The third-order valence-electron chi connectivity index (χ3n) is 6.53. The molecule has 2 rings (SSSR count). The molecule has 2 saturated carbocycles. The molecular formula is C21H38O3. The molecular weight excluding hydrogens is 300 g/mol. The molecule has 2 aliphatic carbocycles. The van der Waals surface area contributed by atoms with Gasteiger partial charge in [-0.2, -0.15) is 0 Å². The number of ketones is 1. The molecule has 2 aliphatic rings. The van der Waals surface area contributed by atoms with Gasteiger partial charge in [0.25, 0.3) is 0 Å². The van der Waals surface area contributed by atoms with Crippen molar-refractivity contribution in [2.24, 2.45) is 47.3 Å². The van der Waals surface area contributed by atoms with E-state index in [2.05, 4.69) is 41.5 Å². The van der Waals surface area contributed by atoms with Gasteiger partial charge in [-0.3, -0.25) is 9.59 Å². The first-order chi connectivity index (χ1) is 11.1. The summed E-state index contributed by atoms with van der Waals surface area (Å²) < 4.78 is 0. The second-order valence-corrected chi connectivity index (χ2v) is 8.93. The lowest BCUT2D eigenvalue weighted by atomic mass is 9.81. The second kappa shape index (κ2) is 9.01. The van der Waals surface area contributed by atoms with Crippen molar-refractivity contribution in [1.82, 2.24) is 0 Å². The van der Waals surface area contributed by atoms with Gasteiger partial charge in [0.2, 0.25) is 0 Å². The average Bonchev–Trinajstić information content (AvgIpc) is 3.02. The summed E-state index contributed by atoms with van der Waals surface area (Å²) in [6.07, 6.45) is 4.67. The van der Waals surface area contributed by atoms with Crippen LogP contribution < -0.4 is 0 Å². The van der Waals surface area contributed by atoms with Crippen LogP contribution in [0.1, 0.15) is 74.1 Å². The number of hydrogen-bond donors (Lipinski definition) is 1. The third-order valence-corrected chi connectivity index (χ3v) is 6.53. The van der Waals surface area contributed by atoms with Crippen LogP contribution >= 0.6 is 0 Å². The highest BCUT2D eigenvalue weighted by Crippen LogP contribution is 2.42. The van der Waals surface area contributed by atoms with E-state index in [1.807, 2.05) is 0 Å². The Balaban J connectivity index is 0.000000240. The minimum absolute atomic E-state index is 0.0926. The summed E-state index contributed by atoms with van der Waals surface area (Å²) in [5.74, 6) is 3.28. The van der Waals surface area contributed by atoms with Crippen LogP contribution in [-0.4, -0.2) is 16.9 Å². The fraction of sp³-hybridized carbons (Fsp3) is 0.905. The van der Waals surface area contributed by atoms with Gasteiger partial charge < -0.3 is 5.11 Å². The van der Waals surface area contributed by atoms with Crippen molar-refractivity contribution in [1.29, 1.82) is 0 Å². The van der Waals surface area contributed by atoms with E-state index in [-0.39, 0.29) is 5.92 Å². The van der Waals surface area contributed by atoms with E-state index in [4.69, 9.17) is 5.11 Å². The van der Waals surface area contributed by atoms with Crippen LogP contribution in [0, 0.1) is 47.3 Å². The first-order valence-electron chi connectivity index (χ1n) is 9.81. The zero-order valence-corrected chi connectivity index (χ0v) is 16.7. The van der Waals surface area contributed by atoms with Crippen LogP contribution in [0.5, 0.6) is 0 Å². The van der Waals surface area contributed by atoms with Crippen molar-refractivity contribution >= 4 is 11.8 Å². The Labute approximate surface area is 148 Å². The van der Waals surface area contributed by atoms with Gasteiger partial charge >= 0.3 is 5.97 Å². The van der Waals surface area contributed by atoms with Crippen LogP contribution in [0.4, 0.5) is 0 Å². The summed E-state index contributed by atoms with van der Waals surface area (Å²) in [5.41, 5.74) is 0. The van der Waals surface area contributed by atoms with Gasteiger partial charge in [-0.1, -0.05) is 41.5 Å². The lowest BCUT2D eigenvalue weighted by molar-refractivity contribution is -0.144. The van der Waals surface area contributed by atoms with Crippen LogP contribution in [0.25, 0.3) is 0 Å². The predicted octanol–water partition coefficient (Wildman–Crippen LogP) is 5.28. The molecule has 0 spiro atoms. The van der Waals surface area contributed by atoms with E-state index in [0.29, 0.717) is 47.2 Å². The summed E-state index contributed by atoms with van der Waals surface area (Å²) in [6, 6.07) is 0. The van der Waals surface area contributed by atoms with Crippen molar-refractivity contribution in [2.45, 2.75) is 74.1 Å². The molecule has 0 aromatic rings. The maximum Gasteiger partial charge on any atom is 0.307 e. The molecule has 0 amide bonds. The third kappa shape index (κ3) is 5.07. The Hall–Kier alpha value is -0.860. The normalized spacial score (nSPS) is 35.9. The molecule has 0 aliphatic heterocycles. The number of Topliss-reactive ketones (excluding diaryl/α,β-unsaturated/α-hetero) is 1. The first-order valence-corrected chi connectivity index (χ1v) is 9.81. The molecule has 140 valence electrons. The highest BCUT2D eigenvalue weighted by atomic mass is 16.4. The van der Waals surface area contributed by atoms with Gasteiger partial charge in [0.1, 0.15) is 5.78 Å². The molecule has 0 heterocycles. The van der Waals surface area contributed by atoms with Crippen LogP contribution in [0.2, 0.25) is 0 Å². The lowest BCUT2D eigenvalue weighted by Crippen LogP contribution is -2.26. The van der Waals surface area contributed by atoms with Crippen molar-refractivity contribution in [3.05, 3.63) is 0 Å². The molecule has 3 heteroatoms. The Kier molecular flexibility index (Phi) is 7.95. The number of carbonyl (C=O) groups excluding carboxylic acids is 1. The zero-order valence-electron chi connectivity index (χ0n) is 16.7. The molecule has 2 unspecified atom stereocenters. The van der Waals surface area contributed by atoms with Crippen molar-refractivity contribution in [3.8, 4) is 0 Å². The Morgan fingerprint density at radius 3 is 1.42 bits per heavy atom. The molecule has 0 radical (unpaired) electrons. The summed E-state index contributed by atoms with van der Waals surface area (Å²) in [4.78, 5) is 22.3. The van der Waals surface area contributed by atoms with E-state index in [0.717, 1.165) is 12.8 Å². The molecule has 2 fully saturated rings. The number of carboxylic acids is 1.